The van der Waals surface area contributed by atoms with Gasteiger partial charge in [-0.3, -0.25) is 4.79 Å². The van der Waals surface area contributed by atoms with Crippen molar-refractivity contribution in [2.45, 2.75) is 33.7 Å². The monoisotopic (exact) mass is 350 g/mol. The van der Waals surface area contributed by atoms with Gasteiger partial charge in [-0.25, -0.2) is 9.97 Å². The van der Waals surface area contributed by atoms with E-state index in [-0.39, 0.29) is 11.9 Å². The maximum absolute atomic E-state index is 12.8. The van der Waals surface area contributed by atoms with E-state index in [2.05, 4.69) is 29.5 Å². The number of hydrogen-bond acceptors (Lipinski definition) is 4. The Morgan fingerprint density at radius 1 is 0.962 bits per heavy atom. The van der Waals surface area contributed by atoms with Crippen LogP contribution in [0.5, 0.6) is 0 Å². The molecule has 3 aromatic rings. The van der Waals surface area contributed by atoms with Gasteiger partial charge in [-0.05, 0) is 50.1 Å². The van der Waals surface area contributed by atoms with E-state index in [4.69, 9.17) is 4.98 Å². The number of para-hydroxylation sites is 2. The highest BCUT2D eigenvalue weighted by molar-refractivity contribution is 6.06. The number of amides is 1. The van der Waals surface area contributed by atoms with Crippen molar-refractivity contribution in [2.75, 3.05) is 13.1 Å². The van der Waals surface area contributed by atoms with E-state index in [1.54, 1.807) is 0 Å². The van der Waals surface area contributed by atoms with Gasteiger partial charge in [-0.15, -0.1) is 0 Å². The summed E-state index contributed by atoms with van der Waals surface area (Å²) in [6.45, 7) is 10.0. The Balaban J connectivity index is 1.87. The summed E-state index contributed by atoms with van der Waals surface area (Å²) in [6.07, 6.45) is 0. The number of aryl methyl sites for hydroxylation is 1. The van der Waals surface area contributed by atoms with Crippen molar-refractivity contribution in [1.82, 2.24) is 20.6 Å². The molecule has 1 atom stereocenters. The van der Waals surface area contributed by atoms with Gasteiger partial charge in [0, 0.05) is 12.6 Å². The Kier molecular flexibility index (Phi) is 5.47. The second kappa shape index (κ2) is 7.79. The Labute approximate surface area is 154 Å². The van der Waals surface area contributed by atoms with Crippen molar-refractivity contribution in [3.05, 3.63) is 47.5 Å². The molecule has 2 N–H and O–H groups in total. The molecule has 0 aliphatic carbocycles. The normalized spacial score (nSPS) is 12.7. The van der Waals surface area contributed by atoms with E-state index >= 15 is 0 Å². The molecule has 0 spiro atoms. The molecule has 3 rings (SSSR count). The third kappa shape index (κ3) is 3.99. The number of hydrogen-bond donors (Lipinski definition) is 2. The number of rotatable bonds is 6. The van der Waals surface area contributed by atoms with E-state index in [0.29, 0.717) is 17.0 Å². The van der Waals surface area contributed by atoms with Crippen LogP contribution in [0.3, 0.4) is 0 Å². The van der Waals surface area contributed by atoms with Crippen LogP contribution in [-0.4, -0.2) is 35.0 Å². The molecule has 0 saturated carbocycles. The lowest BCUT2D eigenvalue weighted by atomic mass is 10.1. The Bertz CT molecular complexity index is 936. The molecule has 1 heterocycles. The number of benzene rings is 2. The van der Waals surface area contributed by atoms with E-state index < -0.39 is 0 Å². The molecule has 0 radical (unpaired) electrons. The Morgan fingerprint density at radius 3 is 2.38 bits per heavy atom. The summed E-state index contributed by atoms with van der Waals surface area (Å²) in [7, 11) is 0. The fourth-order valence-corrected chi connectivity index (χ4v) is 2.98. The molecule has 0 aliphatic rings. The van der Waals surface area contributed by atoms with Gasteiger partial charge >= 0.3 is 0 Å². The lowest BCUT2D eigenvalue weighted by molar-refractivity contribution is 0.0941. The van der Waals surface area contributed by atoms with Crippen LogP contribution in [0.4, 0.5) is 0 Å². The summed E-state index contributed by atoms with van der Waals surface area (Å²) in [6, 6.07) is 11.5. The van der Waals surface area contributed by atoms with Gasteiger partial charge in [0.25, 0.3) is 5.91 Å². The zero-order valence-electron chi connectivity index (χ0n) is 15.8. The fourth-order valence-electron chi connectivity index (χ4n) is 2.98. The molecule has 1 unspecified atom stereocenters. The first-order valence-corrected chi connectivity index (χ1v) is 9.13. The van der Waals surface area contributed by atoms with E-state index in [0.717, 1.165) is 35.2 Å². The number of nitrogens with zero attached hydrogens (tertiary/aromatic N) is 2. The van der Waals surface area contributed by atoms with Gasteiger partial charge in [0.2, 0.25) is 0 Å². The standard InChI is InChI=1S/C21H26N4O/c1-13(2)11-22-12-15(4)23-21(26)16-8-6-10-18-20(16)25-19-14(3)7-5-9-17(19)24-18/h5-10,13,15,22H,11-12H2,1-4H3,(H,23,26). The molecule has 0 bridgehead atoms. The van der Waals surface area contributed by atoms with Crippen molar-refractivity contribution in [2.24, 2.45) is 5.92 Å². The molecule has 0 saturated heterocycles. The van der Waals surface area contributed by atoms with Gasteiger partial charge in [-0.2, -0.15) is 0 Å². The quantitative estimate of drug-likeness (QED) is 0.668. The number of nitrogens with one attached hydrogen (secondary N) is 2. The highest BCUT2D eigenvalue weighted by Gasteiger charge is 2.15. The lowest BCUT2D eigenvalue weighted by Crippen LogP contribution is -2.40. The average Bonchev–Trinajstić information content (AvgIpc) is 2.59. The molecular formula is C21H26N4O. The van der Waals surface area contributed by atoms with Crippen molar-refractivity contribution < 1.29 is 4.79 Å². The minimum Gasteiger partial charge on any atom is -0.348 e. The minimum atomic E-state index is -0.114. The molecule has 1 aromatic heterocycles. The van der Waals surface area contributed by atoms with Gasteiger partial charge in [0.05, 0.1) is 22.1 Å². The van der Waals surface area contributed by atoms with Crippen molar-refractivity contribution in [1.29, 1.82) is 0 Å². The molecule has 26 heavy (non-hydrogen) atoms. The Hall–Kier alpha value is -2.53. The first-order valence-electron chi connectivity index (χ1n) is 9.13. The molecule has 136 valence electrons. The van der Waals surface area contributed by atoms with Crippen molar-refractivity contribution >= 4 is 28.0 Å². The van der Waals surface area contributed by atoms with Crippen LogP contribution in [0.1, 0.15) is 36.7 Å². The summed E-state index contributed by atoms with van der Waals surface area (Å²) in [5.41, 5.74) is 4.69. The maximum Gasteiger partial charge on any atom is 0.253 e. The van der Waals surface area contributed by atoms with E-state index in [1.165, 1.54) is 0 Å². The van der Waals surface area contributed by atoms with Crippen LogP contribution in [0, 0.1) is 12.8 Å². The number of carbonyl (C=O) groups excluding carboxylic acids is 1. The third-order valence-corrected chi connectivity index (χ3v) is 4.32. The second-order valence-corrected chi connectivity index (χ2v) is 7.27. The van der Waals surface area contributed by atoms with Crippen LogP contribution in [0.15, 0.2) is 36.4 Å². The van der Waals surface area contributed by atoms with Gasteiger partial charge in [-0.1, -0.05) is 32.0 Å². The highest BCUT2D eigenvalue weighted by atomic mass is 16.1. The number of aromatic nitrogens is 2. The van der Waals surface area contributed by atoms with Crippen molar-refractivity contribution in [3.63, 3.8) is 0 Å². The molecule has 1 amide bonds. The van der Waals surface area contributed by atoms with Crippen LogP contribution in [-0.2, 0) is 0 Å². The van der Waals surface area contributed by atoms with Crippen molar-refractivity contribution in [3.8, 4) is 0 Å². The first kappa shape index (κ1) is 18.3. The van der Waals surface area contributed by atoms with Crippen LogP contribution >= 0.6 is 0 Å². The number of fused-ring (bicyclic) bond motifs is 2. The van der Waals surface area contributed by atoms with Gasteiger partial charge < -0.3 is 10.6 Å². The summed E-state index contributed by atoms with van der Waals surface area (Å²) < 4.78 is 0. The van der Waals surface area contributed by atoms with Crippen LogP contribution in [0.25, 0.3) is 22.1 Å². The molecule has 5 heteroatoms. The predicted octanol–water partition coefficient (Wildman–Crippen LogP) is 3.46. The lowest BCUT2D eigenvalue weighted by Gasteiger charge is -2.16. The zero-order chi connectivity index (χ0) is 18.7. The summed E-state index contributed by atoms with van der Waals surface area (Å²) in [5.74, 6) is 0.472. The average molecular weight is 350 g/mol. The van der Waals surface area contributed by atoms with Gasteiger partial charge in [0.1, 0.15) is 5.52 Å². The maximum atomic E-state index is 12.8. The number of carbonyl (C=O) groups is 1. The largest absolute Gasteiger partial charge is 0.348 e. The van der Waals surface area contributed by atoms with Gasteiger partial charge in [0.15, 0.2) is 0 Å². The summed E-state index contributed by atoms with van der Waals surface area (Å²) in [5, 5.41) is 6.42. The van der Waals surface area contributed by atoms with E-state index in [9.17, 15) is 4.79 Å². The summed E-state index contributed by atoms with van der Waals surface area (Å²) in [4.78, 5) is 22.2. The predicted molar refractivity (Wildman–Crippen MR) is 106 cm³/mol. The molecule has 2 aromatic carbocycles. The summed E-state index contributed by atoms with van der Waals surface area (Å²) >= 11 is 0. The Morgan fingerprint density at radius 2 is 1.65 bits per heavy atom. The van der Waals surface area contributed by atoms with Crippen LogP contribution in [0.2, 0.25) is 0 Å². The fraction of sp³-hybridized carbons (Fsp3) is 0.381. The molecule has 0 fully saturated rings. The molecular weight excluding hydrogens is 324 g/mol. The van der Waals surface area contributed by atoms with E-state index in [1.807, 2.05) is 50.2 Å². The van der Waals surface area contributed by atoms with Crippen LogP contribution < -0.4 is 10.6 Å². The smallest absolute Gasteiger partial charge is 0.253 e. The SMILES string of the molecule is Cc1cccc2nc3cccc(C(=O)NC(C)CNCC(C)C)c3nc12. The molecule has 0 aliphatic heterocycles. The third-order valence-electron chi connectivity index (χ3n) is 4.32. The topological polar surface area (TPSA) is 66.9 Å². The second-order valence-electron chi connectivity index (χ2n) is 7.27. The first-order chi connectivity index (χ1) is 12.5. The minimum absolute atomic E-state index is 0.0339. The molecule has 5 nitrogen and oxygen atoms in total. The zero-order valence-corrected chi connectivity index (χ0v) is 15.8. The highest BCUT2D eigenvalue weighted by Crippen LogP contribution is 2.21.